The molecule has 0 radical (unpaired) electrons. The van der Waals surface area contributed by atoms with E-state index in [-0.39, 0.29) is 12.8 Å². The van der Waals surface area contributed by atoms with Gasteiger partial charge in [0.15, 0.2) is 0 Å². The second-order valence-electron chi connectivity index (χ2n) is 6.27. The van der Waals surface area contributed by atoms with Crippen molar-refractivity contribution in [1.82, 2.24) is 10.3 Å². The number of aliphatic carboxylic acids is 2. The minimum absolute atomic E-state index is 0.296. The second-order valence-corrected chi connectivity index (χ2v) is 6.68. The topological polar surface area (TPSA) is 112 Å². The van der Waals surface area contributed by atoms with Crippen LogP contribution >= 0.6 is 11.6 Å². The Morgan fingerprint density at radius 3 is 2.43 bits per heavy atom. The van der Waals surface area contributed by atoms with E-state index in [1.165, 1.54) is 16.7 Å². The highest BCUT2D eigenvalue weighted by Gasteiger charge is 2.14. The Morgan fingerprint density at radius 2 is 1.79 bits per heavy atom. The quantitative estimate of drug-likeness (QED) is 0.584. The van der Waals surface area contributed by atoms with E-state index in [0.29, 0.717) is 0 Å². The Labute approximate surface area is 168 Å². The number of carbonyl (C=O) groups is 2. The predicted octanol–water partition coefficient (Wildman–Crippen LogP) is 2.97. The number of rotatable bonds is 6. The summed E-state index contributed by atoms with van der Waals surface area (Å²) >= 11 is 6.40. The fraction of sp³-hybridized carbons (Fsp3) is 0.350. The van der Waals surface area contributed by atoms with Crippen molar-refractivity contribution in [2.75, 3.05) is 18.4 Å². The molecule has 0 fully saturated rings. The van der Waals surface area contributed by atoms with Crippen LogP contribution < -0.4 is 10.6 Å². The Bertz CT molecular complexity index is 786. The molecular weight excluding hydrogens is 382 g/mol. The van der Waals surface area contributed by atoms with Gasteiger partial charge in [0.1, 0.15) is 5.82 Å². The first-order valence-electron chi connectivity index (χ1n) is 9.05. The van der Waals surface area contributed by atoms with Crippen molar-refractivity contribution in [2.24, 2.45) is 0 Å². The third kappa shape index (κ3) is 7.17. The molecular formula is C20H24ClN3O4. The maximum absolute atomic E-state index is 9.64. The number of benzene rings is 1. The van der Waals surface area contributed by atoms with Gasteiger partial charge in [-0.1, -0.05) is 23.7 Å². The van der Waals surface area contributed by atoms with Crippen LogP contribution in [0, 0.1) is 0 Å². The molecule has 28 heavy (non-hydrogen) atoms. The third-order valence-electron chi connectivity index (χ3n) is 4.26. The highest BCUT2D eigenvalue weighted by atomic mass is 35.5. The number of nitrogens with zero attached hydrogens (tertiary/aromatic N) is 1. The van der Waals surface area contributed by atoms with E-state index in [1.54, 1.807) is 6.20 Å². The second kappa shape index (κ2) is 11.3. The van der Waals surface area contributed by atoms with Crippen LogP contribution in [0.25, 0.3) is 0 Å². The summed E-state index contributed by atoms with van der Waals surface area (Å²) in [6.07, 6.45) is 3.31. The van der Waals surface area contributed by atoms with Crippen molar-refractivity contribution < 1.29 is 19.8 Å². The first-order valence-corrected chi connectivity index (χ1v) is 9.43. The van der Waals surface area contributed by atoms with Gasteiger partial charge in [-0.3, -0.25) is 9.59 Å². The zero-order valence-electron chi connectivity index (χ0n) is 15.4. The number of carboxylic acids is 2. The summed E-state index contributed by atoms with van der Waals surface area (Å²) in [6, 6.07) is 10.0. The molecule has 0 saturated heterocycles. The number of halogens is 1. The molecule has 1 aromatic carbocycles. The molecule has 3 rings (SSSR count). The van der Waals surface area contributed by atoms with Crippen molar-refractivity contribution in [3.8, 4) is 0 Å². The van der Waals surface area contributed by atoms with Gasteiger partial charge in [0.2, 0.25) is 0 Å². The van der Waals surface area contributed by atoms with Crippen LogP contribution in [0.15, 0.2) is 36.5 Å². The van der Waals surface area contributed by atoms with E-state index >= 15 is 0 Å². The summed E-state index contributed by atoms with van der Waals surface area (Å²) in [6.45, 7) is 2.78. The largest absolute Gasteiger partial charge is 0.481 e. The number of fused-ring (bicyclic) bond motifs is 1. The molecule has 1 aromatic heterocycles. The van der Waals surface area contributed by atoms with E-state index in [1.807, 2.05) is 24.3 Å². The maximum atomic E-state index is 9.64. The van der Waals surface area contributed by atoms with E-state index < -0.39 is 11.9 Å². The average molecular weight is 406 g/mol. The summed E-state index contributed by atoms with van der Waals surface area (Å²) in [4.78, 5) is 23.6. The van der Waals surface area contributed by atoms with Crippen molar-refractivity contribution in [3.05, 3.63) is 58.2 Å². The van der Waals surface area contributed by atoms with Crippen molar-refractivity contribution in [3.63, 3.8) is 0 Å². The van der Waals surface area contributed by atoms with Gasteiger partial charge in [-0.05, 0) is 60.8 Å². The van der Waals surface area contributed by atoms with Gasteiger partial charge in [-0.25, -0.2) is 4.98 Å². The average Bonchev–Trinajstić information content (AvgIpc) is 2.92. The molecule has 8 heteroatoms. The van der Waals surface area contributed by atoms with Gasteiger partial charge in [0, 0.05) is 17.8 Å². The van der Waals surface area contributed by atoms with E-state index in [0.717, 1.165) is 43.3 Å². The van der Waals surface area contributed by atoms with Gasteiger partial charge < -0.3 is 20.8 Å². The Hall–Kier alpha value is -2.64. The third-order valence-corrected chi connectivity index (χ3v) is 4.61. The van der Waals surface area contributed by atoms with Crippen LogP contribution in [0.5, 0.6) is 0 Å². The minimum Gasteiger partial charge on any atom is -0.481 e. The lowest BCUT2D eigenvalue weighted by molar-refractivity contribution is -0.143. The summed E-state index contributed by atoms with van der Waals surface area (Å²) in [7, 11) is 0. The van der Waals surface area contributed by atoms with Crippen LogP contribution in [-0.2, 0) is 29.0 Å². The first kappa shape index (κ1) is 21.7. The lowest BCUT2D eigenvalue weighted by atomic mass is 9.97. The van der Waals surface area contributed by atoms with Crippen molar-refractivity contribution >= 4 is 29.4 Å². The fourth-order valence-electron chi connectivity index (χ4n) is 2.87. The number of nitrogens with one attached hydrogen (secondary N) is 2. The normalized spacial score (nSPS) is 12.8. The molecule has 150 valence electrons. The Kier molecular flexibility index (Phi) is 8.71. The summed E-state index contributed by atoms with van der Waals surface area (Å²) in [5.41, 5.74) is 4.02. The van der Waals surface area contributed by atoms with Crippen LogP contribution in [0.1, 0.15) is 29.5 Å². The lowest BCUT2D eigenvalue weighted by Crippen LogP contribution is -2.16. The van der Waals surface area contributed by atoms with Gasteiger partial charge in [-0.2, -0.15) is 0 Å². The molecule has 0 saturated carbocycles. The van der Waals surface area contributed by atoms with Crippen LogP contribution in [0.2, 0.25) is 5.02 Å². The van der Waals surface area contributed by atoms with Crippen molar-refractivity contribution in [1.29, 1.82) is 0 Å². The highest BCUT2D eigenvalue weighted by molar-refractivity contribution is 6.31. The maximum Gasteiger partial charge on any atom is 0.303 e. The number of anilines is 1. The number of aromatic nitrogens is 1. The molecule has 0 amide bonds. The Balaban J connectivity index is 0.000000300. The number of hydrogen-bond donors (Lipinski definition) is 4. The fourth-order valence-corrected chi connectivity index (χ4v) is 3.12. The van der Waals surface area contributed by atoms with Crippen LogP contribution in [0.3, 0.4) is 0 Å². The Morgan fingerprint density at radius 1 is 1.07 bits per heavy atom. The van der Waals surface area contributed by atoms with Gasteiger partial charge in [0.25, 0.3) is 0 Å². The molecule has 1 aliphatic rings. The van der Waals surface area contributed by atoms with Crippen LogP contribution in [0.4, 0.5) is 5.82 Å². The zero-order valence-corrected chi connectivity index (χ0v) is 16.2. The molecule has 0 spiro atoms. The summed E-state index contributed by atoms with van der Waals surface area (Å²) in [5.74, 6) is -1.27. The van der Waals surface area contributed by atoms with Gasteiger partial charge in [0.05, 0.1) is 12.8 Å². The minimum atomic E-state index is -1.08. The summed E-state index contributed by atoms with van der Waals surface area (Å²) in [5, 5.41) is 23.4. The number of hydrogen-bond acceptors (Lipinski definition) is 5. The van der Waals surface area contributed by atoms with Gasteiger partial charge >= 0.3 is 11.9 Å². The van der Waals surface area contributed by atoms with E-state index in [4.69, 9.17) is 21.8 Å². The monoisotopic (exact) mass is 405 g/mol. The molecule has 4 N–H and O–H groups in total. The SMILES string of the molecule is Clc1ccc2c(c1CNc1ccccn1)CCNCC2.O=C(O)CCC(=O)O. The lowest BCUT2D eigenvalue weighted by Gasteiger charge is -2.15. The molecule has 1 aliphatic heterocycles. The number of pyridine rings is 1. The van der Waals surface area contributed by atoms with Crippen molar-refractivity contribution in [2.45, 2.75) is 32.2 Å². The van der Waals surface area contributed by atoms with E-state index in [9.17, 15) is 9.59 Å². The molecule has 2 heterocycles. The molecule has 0 bridgehead atoms. The molecule has 0 atom stereocenters. The van der Waals surface area contributed by atoms with Crippen LogP contribution in [-0.4, -0.2) is 40.2 Å². The standard InChI is InChI=1S/C16H18ClN3.C4H6O4/c17-15-5-4-12-6-9-18-10-7-13(12)14(15)11-20-16-3-1-2-8-19-16;5-3(6)1-2-4(7)8/h1-5,8,18H,6-7,9-11H2,(H,19,20);1-2H2,(H,5,6)(H,7,8). The summed E-state index contributed by atoms with van der Waals surface area (Å²) < 4.78 is 0. The van der Waals surface area contributed by atoms with Gasteiger partial charge in [-0.15, -0.1) is 0 Å². The molecule has 0 aliphatic carbocycles. The molecule has 2 aromatic rings. The number of carboxylic acid groups (broad SMARTS) is 2. The molecule has 0 unspecified atom stereocenters. The highest BCUT2D eigenvalue weighted by Crippen LogP contribution is 2.26. The smallest absolute Gasteiger partial charge is 0.303 e. The first-order chi connectivity index (χ1) is 13.5. The molecule has 7 nitrogen and oxygen atoms in total. The predicted molar refractivity (Wildman–Crippen MR) is 108 cm³/mol. The zero-order chi connectivity index (χ0) is 20.4. The van der Waals surface area contributed by atoms with E-state index in [2.05, 4.69) is 21.7 Å².